The maximum Gasteiger partial charge on any atom is 0.343 e. The molecule has 0 atom stereocenters. The van der Waals surface area contributed by atoms with Crippen LogP contribution in [0, 0.1) is 0 Å². The normalized spacial score (nSPS) is 10.9. The molecule has 0 aliphatic carbocycles. The second kappa shape index (κ2) is 13.4. The van der Waals surface area contributed by atoms with Crippen LogP contribution in [0.25, 0.3) is 0 Å². The highest BCUT2D eigenvalue weighted by atomic mass is 79.9. The van der Waals surface area contributed by atoms with Gasteiger partial charge in [0.15, 0.2) is 6.61 Å². The lowest BCUT2D eigenvalue weighted by Crippen LogP contribution is -2.24. The minimum atomic E-state index is -0.519. The monoisotopic (exact) mass is 552 g/mol. The molecule has 1 amide bonds. The maximum atomic E-state index is 12.6. The third-order valence-electron chi connectivity index (χ3n) is 5.05. The Morgan fingerprint density at radius 2 is 1.64 bits per heavy atom. The van der Waals surface area contributed by atoms with Gasteiger partial charge in [0, 0.05) is 10.0 Å². The van der Waals surface area contributed by atoms with Gasteiger partial charge in [0.1, 0.15) is 17.2 Å². The maximum absolute atomic E-state index is 12.6. The summed E-state index contributed by atoms with van der Waals surface area (Å²) in [5.41, 5.74) is 4.51. The summed E-state index contributed by atoms with van der Waals surface area (Å²) in [6.45, 7) is 6.67. The first-order valence-corrected chi connectivity index (χ1v) is 12.4. The predicted molar refractivity (Wildman–Crippen MR) is 143 cm³/mol. The number of hydrogen-bond acceptors (Lipinski definition) is 6. The number of carbonyl (C=O) groups excluding carboxylic acids is 2. The second-order valence-electron chi connectivity index (χ2n) is 8.25. The van der Waals surface area contributed by atoms with Crippen molar-refractivity contribution in [2.45, 2.75) is 33.1 Å². The quantitative estimate of drug-likeness (QED) is 0.134. The van der Waals surface area contributed by atoms with Gasteiger partial charge in [0.05, 0.1) is 18.4 Å². The Balaban J connectivity index is 1.57. The standard InChI is InChI=1S/C28H29BrN2O5/c1-4-15-34-24-12-7-21(8-13-24)28(33)36-26-14-9-23(29)16-22(26)17-30-31-27(32)18-35-25-10-5-20(6-11-25)19(2)3/h5-14,16-17,19H,4,15,18H2,1-3H3,(H,31,32)/b30-17-. The Labute approximate surface area is 219 Å². The van der Waals surface area contributed by atoms with E-state index in [2.05, 4.69) is 40.3 Å². The van der Waals surface area contributed by atoms with E-state index in [0.29, 0.717) is 40.9 Å². The summed E-state index contributed by atoms with van der Waals surface area (Å²) in [7, 11) is 0. The highest BCUT2D eigenvalue weighted by molar-refractivity contribution is 9.10. The first-order chi connectivity index (χ1) is 17.4. The molecule has 0 saturated heterocycles. The molecule has 0 saturated carbocycles. The molecule has 1 N–H and O–H groups in total. The molecule has 0 aromatic heterocycles. The minimum Gasteiger partial charge on any atom is -0.494 e. The van der Waals surface area contributed by atoms with Gasteiger partial charge in [-0.15, -0.1) is 0 Å². The molecule has 0 spiro atoms. The minimum absolute atomic E-state index is 0.184. The second-order valence-corrected chi connectivity index (χ2v) is 9.17. The Bertz CT molecular complexity index is 1190. The number of hydrogen-bond donors (Lipinski definition) is 1. The number of rotatable bonds is 11. The SMILES string of the molecule is CCCOc1ccc(C(=O)Oc2ccc(Br)cc2/C=N\NC(=O)COc2ccc(C(C)C)cc2)cc1. The van der Waals surface area contributed by atoms with Crippen molar-refractivity contribution in [1.82, 2.24) is 5.43 Å². The van der Waals surface area contributed by atoms with Crippen molar-refractivity contribution in [3.05, 3.63) is 87.9 Å². The Morgan fingerprint density at radius 1 is 0.972 bits per heavy atom. The number of ether oxygens (including phenoxy) is 3. The average Bonchev–Trinajstić information content (AvgIpc) is 2.88. The van der Waals surface area contributed by atoms with Crippen LogP contribution >= 0.6 is 15.9 Å². The van der Waals surface area contributed by atoms with E-state index < -0.39 is 11.9 Å². The molecule has 0 aliphatic heterocycles. The van der Waals surface area contributed by atoms with Crippen molar-refractivity contribution >= 4 is 34.0 Å². The zero-order valence-corrected chi connectivity index (χ0v) is 22.1. The number of esters is 1. The van der Waals surface area contributed by atoms with Crippen LogP contribution in [0.5, 0.6) is 17.2 Å². The largest absolute Gasteiger partial charge is 0.494 e. The first-order valence-electron chi connectivity index (χ1n) is 11.6. The Morgan fingerprint density at radius 3 is 2.31 bits per heavy atom. The molecular weight excluding hydrogens is 524 g/mol. The van der Waals surface area contributed by atoms with Gasteiger partial charge in [-0.2, -0.15) is 5.10 Å². The zero-order chi connectivity index (χ0) is 25.9. The summed E-state index contributed by atoms with van der Waals surface area (Å²) in [6, 6.07) is 19.5. The fraction of sp³-hybridized carbons (Fsp3) is 0.250. The highest BCUT2D eigenvalue weighted by Crippen LogP contribution is 2.23. The van der Waals surface area contributed by atoms with Crippen molar-refractivity contribution in [2.24, 2.45) is 5.10 Å². The van der Waals surface area contributed by atoms with Gasteiger partial charge in [0.25, 0.3) is 5.91 Å². The summed E-state index contributed by atoms with van der Waals surface area (Å²) in [5.74, 6) is 1.08. The summed E-state index contributed by atoms with van der Waals surface area (Å²) in [6.07, 6.45) is 2.31. The van der Waals surface area contributed by atoms with Gasteiger partial charge in [-0.3, -0.25) is 4.79 Å². The number of carbonyl (C=O) groups is 2. The fourth-order valence-corrected chi connectivity index (χ4v) is 3.46. The number of benzene rings is 3. The molecule has 7 nitrogen and oxygen atoms in total. The average molecular weight is 553 g/mol. The van der Waals surface area contributed by atoms with Crippen molar-refractivity contribution in [2.75, 3.05) is 13.2 Å². The highest BCUT2D eigenvalue weighted by Gasteiger charge is 2.12. The molecule has 0 aliphatic rings. The van der Waals surface area contributed by atoms with E-state index in [9.17, 15) is 9.59 Å². The van der Waals surface area contributed by atoms with Crippen molar-refractivity contribution in [3.8, 4) is 17.2 Å². The van der Waals surface area contributed by atoms with E-state index in [1.54, 1.807) is 42.5 Å². The van der Waals surface area contributed by atoms with E-state index in [1.165, 1.54) is 11.8 Å². The lowest BCUT2D eigenvalue weighted by molar-refractivity contribution is -0.123. The Kier molecular flexibility index (Phi) is 10.1. The number of hydrazone groups is 1. The van der Waals surface area contributed by atoms with E-state index in [4.69, 9.17) is 14.2 Å². The predicted octanol–water partition coefficient (Wildman–Crippen LogP) is 6.11. The molecule has 3 rings (SSSR count). The number of nitrogens with zero attached hydrogens (tertiary/aromatic N) is 1. The van der Waals surface area contributed by atoms with Crippen LogP contribution in [0.2, 0.25) is 0 Å². The molecule has 0 fully saturated rings. The molecule has 0 bridgehead atoms. The summed E-state index contributed by atoms with van der Waals surface area (Å²) in [4.78, 5) is 24.8. The summed E-state index contributed by atoms with van der Waals surface area (Å²) in [5, 5.41) is 3.98. The van der Waals surface area contributed by atoms with Crippen LogP contribution in [0.4, 0.5) is 0 Å². The van der Waals surface area contributed by atoms with Crippen molar-refractivity contribution in [1.29, 1.82) is 0 Å². The van der Waals surface area contributed by atoms with Crippen LogP contribution < -0.4 is 19.6 Å². The molecule has 3 aromatic carbocycles. The molecule has 36 heavy (non-hydrogen) atoms. The van der Waals surface area contributed by atoms with Gasteiger partial charge < -0.3 is 14.2 Å². The lowest BCUT2D eigenvalue weighted by atomic mass is 10.0. The van der Waals surface area contributed by atoms with Gasteiger partial charge in [0.2, 0.25) is 0 Å². The summed E-state index contributed by atoms with van der Waals surface area (Å²) < 4.78 is 17.4. The van der Waals surface area contributed by atoms with Crippen molar-refractivity contribution < 1.29 is 23.8 Å². The van der Waals surface area contributed by atoms with E-state index >= 15 is 0 Å². The van der Waals surface area contributed by atoms with Gasteiger partial charge in [-0.1, -0.05) is 48.8 Å². The molecule has 0 heterocycles. The van der Waals surface area contributed by atoms with Gasteiger partial charge in [-0.25, -0.2) is 10.2 Å². The van der Waals surface area contributed by atoms with Crippen LogP contribution in [0.3, 0.4) is 0 Å². The number of nitrogens with one attached hydrogen (secondary N) is 1. The zero-order valence-electron chi connectivity index (χ0n) is 20.5. The molecule has 0 unspecified atom stereocenters. The topological polar surface area (TPSA) is 86.2 Å². The number of amides is 1. The van der Waals surface area contributed by atoms with Gasteiger partial charge >= 0.3 is 5.97 Å². The third kappa shape index (κ3) is 8.23. The number of halogens is 1. The Hall–Kier alpha value is -3.65. The van der Waals surface area contributed by atoms with Crippen LogP contribution in [0.1, 0.15) is 54.6 Å². The van der Waals surface area contributed by atoms with Crippen LogP contribution in [0.15, 0.2) is 76.3 Å². The molecule has 8 heteroatoms. The van der Waals surface area contributed by atoms with E-state index in [-0.39, 0.29) is 6.61 Å². The van der Waals surface area contributed by atoms with Gasteiger partial charge in [-0.05, 0) is 72.5 Å². The first kappa shape index (κ1) is 26.9. The van der Waals surface area contributed by atoms with Crippen LogP contribution in [-0.4, -0.2) is 31.3 Å². The molecular formula is C28H29BrN2O5. The van der Waals surface area contributed by atoms with Crippen LogP contribution in [-0.2, 0) is 4.79 Å². The molecule has 188 valence electrons. The molecule has 3 aromatic rings. The summed E-state index contributed by atoms with van der Waals surface area (Å²) >= 11 is 3.40. The van der Waals surface area contributed by atoms with E-state index in [0.717, 1.165) is 10.9 Å². The van der Waals surface area contributed by atoms with Crippen molar-refractivity contribution in [3.63, 3.8) is 0 Å². The third-order valence-corrected chi connectivity index (χ3v) is 5.54. The lowest BCUT2D eigenvalue weighted by Gasteiger charge is -2.09. The smallest absolute Gasteiger partial charge is 0.343 e. The molecule has 0 radical (unpaired) electrons. The fourth-order valence-electron chi connectivity index (χ4n) is 3.08. The van der Waals surface area contributed by atoms with E-state index in [1.807, 2.05) is 31.2 Å².